The van der Waals surface area contributed by atoms with Gasteiger partial charge < -0.3 is 9.90 Å². The fourth-order valence-electron chi connectivity index (χ4n) is 1.27. The molecule has 0 aliphatic heterocycles. The monoisotopic (exact) mass is 301 g/mol. The molecule has 0 atom stereocenters. The number of hydrogen-bond donors (Lipinski definition) is 1. The largest absolute Gasteiger partial charge is 1.00 e. The molecule has 1 N–H and O–H groups in total. The molecular weight excluding hydrogens is 281 g/mol. The summed E-state index contributed by atoms with van der Waals surface area (Å²) in [5.74, 6) is -1.44. The summed E-state index contributed by atoms with van der Waals surface area (Å²) in [4.78, 5) is 10.1. The molecule has 0 amide bonds. The Balaban J connectivity index is 0. The van der Waals surface area contributed by atoms with Gasteiger partial charge in [0.25, 0.3) is 0 Å². The van der Waals surface area contributed by atoms with Crippen LogP contribution in [0.1, 0.15) is 45.4 Å². The average molecular weight is 301 g/mol. The standard InChI is InChI=1S/C11H21NO4S.K/c1-2-3-4-5-6-7-8-9-17(15,16)12-10-11(13)14;/h8-9,12H,2-7,10H2,1H3,(H,13,14);/q;+1/p-1/b9-8+;. The molecule has 0 rings (SSSR count). The molecule has 0 aliphatic carbocycles. The second kappa shape index (κ2) is 12.8. The van der Waals surface area contributed by atoms with Crippen LogP contribution in [0.2, 0.25) is 0 Å². The van der Waals surface area contributed by atoms with E-state index in [1.165, 1.54) is 19.3 Å². The number of rotatable bonds is 10. The Morgan fingerprint density at radius 1 is 1.22 bits per heavy atom. The molecule has 0 aliphatic rings. The van der Waals surface area contributed by atoms with E-state index in [-0.39, 0.29) is 51.4 Å². The van der Waals surface area contributed by atoms with E-state index in [1.807, 2.05) is 4.72 Å². The number of sulfonamides is 1. The maximum Gasteiger partial charge on any atom is 1.00 e. The van der Waals surface area contributed by atoms with E-state index in [0.717, 1.165) is 18.2 Å². The summed E-state index contributed by atoms with van der Waals surface area (Å²) in [6.45, 7) is 1.44. The van der Waals surface area contributed by atoms with E-state index < -0.39 is 22.5 Å². The SMILES string of the molecule is CCCCCCC/C=C/S(=O)(=O)NCC(=O)[O-].[K+]. The molecule has 0 saturated carbocycles. The van der Waals surface area contributed by atoms with Crippen LogP contribution in [-0.4, -0.2) is 20.9 Å². The molecule has 7 heteroatoms. The zero-order valence-corrected chi connectivity index (χ0v) is 15.1. The van der Waals surface area contributed by atoms with Gasteiger partial charge in [-0.25, -0.2) is 13.1 Å². The molecule has 0 aromatic heterocycles. The van der Waals surface area contributed by atoms with Crippen molar-refractivity contribution in [2.24, 2.45) is 0 Å². The topological polar surface area (TPSA) is 86.3 Å². The molecule has 0 fully saturated rings. The molecule has 0 bridgehead atoms. The van der Waals surface area contributed by atoms with Crippen LogP contribution in [0.4, 0.5) is 0 Å². The predicted octanol–water partition coefficient (Wildman–Crippen LogP) is -2.47. The smallest absolute Gasteiger partial charge is 0.549 e. The van der Waals surface area contributed by atoms with Crippen molar-refractivity contribution in [2.45, 2.75) is 45.4 Å². The zero-order chi connectivity index (χ0) is 13.1. The number of hydrogen-bond acceptors (Lipinski definition) is 4. The number of carbonyl (C=O) groups excluding carboxylic acids is 1. The first-order valence-corrected chi connectivity index (χ1v) is 7.38. The molecule has 0 heterocycles. The number of aliphatic carboxylic acids is 1. The van der Waals surface area contributed by atoms with E-state index in [4.69, 9.17) is 0 Å². The van der Waals surface area contributed by atoms with Crippen LogP contribution in [0.5, 0.6) is 0 Å². The number of carboxylic acids is 1. The van der Waals surface area contributed by atoms with Crippen LogP contribution in [0.25, 0.3) is 0 Å². The van der Waals surface area contributed by atoms with Crippen molar-refractivity contribution in [2.75, 3.05) is 6.54 Å². The minimum absolute atomic E-state index is 0. The van der Waals surface area contributed by atoms with Crippen LogP contribution in [-0.2, 0) is 14.8 Å². The Morgan fingerprint density at radius 3 is 2.39 bits per heavy atom. The molecule has 0 radical (unpaired) electrons. The Kier molecular flexibility index (Phi) is 14.9. The Morgan fingerprint density at radius 2 is 1.83 bits per heavy atom. The molecule has 0 unspecified atom stereocenters. The normalized spacial score (nSPS) is 11.4. The van der Waals surface area contributed by atoms with E-state index in [0.29, 0.717) is 6.42 Å². The average Bonchev–Trinajstić information content (AvgIpc) is 2.25. The van der Waals surface area contributed by atoms with Crippen molar-refractivity contribution in [3.63, 3.8) is 0 Å². The molecular formula is C11H20KNO4S. The van der Waals surface area contributed by atoms with Gasteiger partial charge >= 0.3 is 51.4 Å². The summed E-state index contributed by atoms with van der Waals surface area (Å²) in [5, 5.41) is 11.1. The summed E-state index contributed by atoms with van der Waals surface area (Å²) in [5.41, 5.74) is 0. The maximum atomic E-state index is 11.2. The summed E-state index contributed by atoms with van der Waals surface area (Å²) in [7, 11) is -3.63. The minimum Gasteiger partial charge on any atom is -0.549 e. The predicted molar refractivity (Wildman–Crippen MR) is 64.4 cm³/mol. The summed E-state index contributed by atoms with van der Waals surface area (Å²) in [6, 6.07) is 0. The van der Waals surface area contributed by atoms with Crippen molar-refractivity contribution in [3.05, 3.63) is 11.5 Å². The number of nitrogens with one attached hydrogen (secondary N) is 1. The molecule has 0 aromatic carbocycles. The first kappa shape index (κ1) is 21.1. The second-order valence-corrected chi connectivity index (χ2v) is 5.46. The summed E-state index contributed by atoms with van der Waals surface area (Å²) >= 11 is 0. The summed E-state index contributed by atoms with van der Waals surface area (Å²) in [6.07, 6.45) is 7.82. The van der Waals surface area contributed by atoms with Gasteiger partial charge in [0.2, 0.25) is 10.0 Å². The second-order valence-electron chi connectivity index (χ2n) is 3.81. The van der Waals surface area contributed by atoms with Crippen molar-refractivity contribution < 1.29 is 69.7 Å². The van der Waals surface area contributed by atoms with Gasteiger partial charge in [0.1, 0.15) is 0 Å². The zero-order valence-electron chi connectivity index (χ0n) is 11.1. The fraction of sp³-hybridized carbons (Fsp3) is 0.727. The van der Waals surface area contributed by atoms with Crippen molar-refractivity contribution >= 4 is 16.0 Å². The third-order valence-electron chi connectivity index (χ3n) is 2.17. The number of unbranched alkanes of at least 4 members (excludes halogenated alkanes) is 5. The third-order valence-corrected chi connectivity index (χ3v) is 3.26. The number of allylic oxidation sites excluding steroid dienone is 1. The van der Waals surface area contributed by atoms with Gasteiger partial charge in [-0.2, -0.15) is 0 Å². The van der Waals surface area contributed by atoms with Gasteiger partial charge in [-0.05, 0) is 12.8 Å². The van der Waals surface area contributed by atoms with Crippen molar-refractivity contribution in [3.8, 4) is 0 Å². The summed E-state index contributed by atoms with van der Waals surface area (Å²) < 4.78 is 24.3. The molecule has 100 valence electrons. The van der Waals surface area contributed by atoms with Crippen LogP contribution in [0, 0.1) is 0 Å². The Hall–Kier alpha value is 0.756. The van der Waals surface area contributed by atoms with E-state index >= 15 is 0 Å². The van der Waals surface area contributed by atoms with Crippen LogP contribution >= 0.6 is 0 Å². The van der Waals surface area contributed by atoms with Crippen LogP contribution < -0.4 is 61.2 Å². The maximum absolute atomic E-state index is 11.2. The quantitative estimate of drug-likeness (QED) is 0.358. The first-order chi connectivity index (χ1) is 7.98. The van der Waals surface area contributed by atoms with Crippen molar-refractivity contribution in [1.29, 1.82) is 0 Å². The van der Waals surface area contributed by atoms with Gasteiger partial charge in [0.05, 0.1) is 12.5 Å². The van der Waals surface area contributed by atoms with Gasteiger partial charge in [-0.1, -0.05) is 38.7 Å². The Bertz CT molecular complexity index is 341. The van der Waals surface area contributed by atoms with Gasteiger partial charge in [-0.15, -0.1) is 0 Å². The molecule has 0 saturated heterocycles. The third kappa shape index (κ3) is 14.8. The number of carbonyl (C=O) groups is 1. The molecule has 0 aromatic rings. The minimum atomic E-state index is -3.63. The number of carboxylic acid groups (broad SMARTS) is 1. The molecule has 5 nitrogen and oxygen atoms in total. The Labute approximate surface area is 152 Å². The van der Waals surface area contributed by atoms with Gasteiger partial charge in [-0.3, -0.25) is 0 Å². The molecule has 18 heavy (non-hydrogen) atoms. The van der Waals surface area contributed by atoms with E-state index in [1.54, 1.807) is 6.08 Å². The van der Waals surface area contributed by atoms with Gasteiger partial charge in [0, 0.05) is 5.41 Å². The van der Waals surface area contributed by atoms with E-state index in [2.05, 4.69) is 6.92 Å². The van der Waals surface area contributed by atoms with Crippen LogP contribution in [0.3, 0.4) is 0 Å². The first-order valence-electron chi connectivity index (χ1n) is 5.84. The molecule has 0 spiro atoms. The van der Waals surface area contributed by atoms with Gasteiger partial charge in [0.15, 0.2) is 0 Å². The van der Waals surface area contributed by atoms with Crippen molar-refractivity contribution in [1.82, 2.24) is 4.72 Å². The fourth-order valence-corrected chi connectivity index (χ4v) is 2.07. The van der Waals surface area contributed by atoms with Crippen LogP contribution in [0.15, 0.2) is 11.5 Å². The van der Waals surface area contributed by atoms with E-state index in [9.17, 15) is 18.3 Å².